The van der Waals surface area contributed by atoms with E-state index >= 15 is 0 Å². The van der Waals surface area contributed by atoms with Crippen LogP contribution < -0.4 is 5.32 Å². The van der Waals surface area contributed by atoms with Crippen LogP contribution in [0.25, 0.3) is 10.9 Å². The number of nitrogens with zero attached hydrogens (tertiary/aromatic N) is 4. The van der Waals surface area contributed by atoms with Crippen LogP contribution >= 0.6 is 0 Å². The van der Waals surface area contributed by atoms with Gasteiger partial charge in [0.1, 0.15) is 0 Å². The van der Waals surface area contributed by atoms with Crippen molar-refractivity contribution in [3.05, 3.63) is 84.1 Å². The van der Waals surface area contributed by atoms with Crippen molar-refractivity contribution in [3.8, 4) is 6.07 Å². The molecule has 0 saturated carbocycles. The second kappa shape index (κ2) is 8.55. The molecule has 4 rings (SSSR count). The third kappa shape index (κ3) is 4.16. The number of nitrogens with one attached hydrogen (secondary N) is 1. The summed E-state index contributed by atoms with van der Waals surface area (Å²) in [6.45, 7) is 2.59. The van der Waals surface area contributed by atoms with Crippen LogP contribution in [0.5, 0.6) is 0 Å². The highest BCUT2D eigenvalue weighted by Gasteiger charge is 2.17. The molecule has 1 amide bonds. The molecular weight excluding hydrogens is 394 g/mol. The highest BCUT2D eigenvalue weighted by atomic mass is 16.5. The molecule has 0 aliphatic heterocycles. The van der Waals surface area contributed by atoms with Gasteiger partial charge in [-0.1, -0.05) is 6.07 Å². The number of hydrogen-bond donors (Lipinski definition) is 1. The predicted octanol–water partition coefficient (Wildman–Crippen LogP) is 3.70. The number of benzene rings is 1. The molecule has 8 heteroatoms. The standard InChI is InChI=1S/C23H19N5O3/c1-16(31-15-29)27-9-7-19(13-27)26-23(30)21-14-28(12-18-4-2-3-8-25-18)22-6-5-17(11-24)10-20(21)22/h2-10,13-16H,12H2,1H3,(H,26,30). The number of pyridine rings is 1. The topological polar surface area (TPSA) is 102 Å². The summed E-state index contributed by atoms with van der Waals surface area (Å²) in [7, 11) is 0. The van der Waals surface area contributed by atoms with Crippen LogP contribution in [0.3, 0.4) is 0 Å². The first kappa shape index (κ1) is 19.9. The number of amides is 1. The molecule has 1 aromatic carbocycles. The molecule has 0 spiro atoms. The lowest BCUT2D eigenvalue weighted by Crippen LogP contribution is -2.11. The third-order valence-electron chi connectivity index (χ3n) is 4.96. The molecule has 0 fully saturated rings. The van der Waals surface area contributed by atoms with Crippen molar-refractivity contribution in [2.24, 2.45) is 0 Å². The molecule has 0 saturated heterocycles. The zero-order valence-corrected chi connectivity index (χ0v) is 16.7. The second-order valence-corrected chi connectivity index (χ2v) is 6.97. The Kier molecular flexibility index (Phi) is 5.49. The molecule has 0 radical (unpaired) electrons. The van der Waals surface area contributed by atoms with Gasteiger partial charge in [0.05, 0.1) is 35.1 Å². The average Bonchev–Trinajstić information content (AvgIpc) is 3.39. The van der Waals surface area contributed by atoms with Crippen LogP contribution in [0.4, 0.5) is 5.69 Å². The summed E-state index contributed by atoms with van der Waals surface area (Å²) in [5.41, 5.74) is 3.18. The normalized spacial score (nSPS) is 11.6. The Morgan fingerprint density at radius 3 is 2.90 bits per heavy atom. The summed E-state index contributed by atoms with van der Waals surface area (Å²) in [6, 6.07) is 14.8. The number of fused-ring (bicyclic) bond motifs is 1. The Labute approximate surface area is 178 Å². The van der Waals surface area contributed by atoms with Crippen molar-refractivity contribution in [2.75, 3.05) is 5.32 Å². The molecule has 0 bridgehead atoms. The maximum Gasteiger partial charge on any atom is 0.295 e. The smallest absolute Gasteiger partial charge is 0.295 e. The molecule has 31 heavy (non-hydrogen) atoms. The number of ether oxygens (including phenoxy) is 1. The molecule has 1 N–H and O–H groups in total. The van der Waals surface area contributed by atoms with Gasteiger partial charge in [0.15, 0.2) is 6.23 Å². The van der Waals surface area contributed by atoms with Crippen molar-refractivity contribution in [1.82, 2.24) is 14.1 Å². The van der Waals surface area contributed by atoms with Crippen LogP contribution in [-0.2, 0) is 16.1 Å². The van der Waals surface area contributed by atoms with E-state index in [1.54, 1.807) is 54.5 Å². The van der Waals surface area contributed by atoms with Crippen LogP contribution in [0, 0.1) is 11.3 Å². The Morgan fingerprint density at radius 1 is 1.29 bits per heavy atom. The largest absolute Gasteiger partial charge is 0.444 e. The van der Waals surface area contributed by atoms with E-state index in [4.69, 9.17) is 4.74 Å². The van der Waals surface area contributed by atoms with E-state index in [1.807, 2.05) is 28.8 Å². The van der Waals surface area contributed by atoms with Gasteiger partial charge >= 0.3 is 0 Å². The lowest BCUT2D eigenvalue weighted by Gasteiger charge is -2.10. The molecule has 4 aromatic rings. The molecule has 154 valence electrons. The first-order valence-electron chi connectivity index (χ1n) is 9.60. The summed E-state index contributed by atoms with van der Waals surface area (Å²) in [5.74, 6) is -0.304. The summed E-state index contributed by atoms with van der Waals surface area (Å²) < 4.78 is 8.52. The monoisotopic (exact) mass is 413 g/mol. The zero-order chi connectivity index (χ0) is 21.8. The van der Waals surface area contributed by atoms with E-state index in [1.165, 1.54) is 0 Å². The third-order valence-corrected chi connectivity index (χ3v) is 4.96. The van der Waals surface area contributed by atoms with Crippen molar-refractivity contribution in [2.45, 2.75) is 19.7 Å². The van der Waals surface area contributed by atoms with Gasteiger partial charge in [-0.3, -0.25) is 14.6 Å². The molecule has 0 aliphatic rings. The van der Waals surface area contributed by atoms with Crippen molar-refractivity contribution in [1.29, 1.82) is 5.26 Å². The number of carbonyl (C=O) groups excluding carboxylic acids is 2. The van der Waals surface area contributed by atoms with Gasteiger partial charge in [-0.2, -0.15) is 5.26 Å². The Balaban J connectivity index is 1.66. The fourth-order valence-corrected chi connectivity index (χ4v) is 3.41. The van der Waals surface area contributed by atoms with E-state index < -0.39 is 6.23 Å². The Bertz CT molecular complexity index is 1280. The van der Waals surface area contributed by atoms with Gasteiger partial charge in [-0.25, -0.2) is 0 Å². The first-order chi connectivity index (χ1) is 15.1. The van der Waals surface area contributed by atoms with Crippen LogP contribution in [-0.4, -0.2) is 26.5 Å². The van der Waals surface area contributed by atoms with E-state index in [-0.39, 0.29) is 5.91 Å². The molecular formula is C23H19N5O3. The zero-order valence-electron chi connectivity index (χ0n) is 16.7. The summed E-state index contributed by atoms with van der Waals surface area (Å²) >= 11 is 0. The van der Waals surface area contributed by atoms with Crippen LogP contribution in [0.2, 0.25) is 0 Å². The fourth-order valence-electron chi connectivity index (χ4n) is 3.41. The number of carbonyl (C=O) groups is 2. The van der Waals surface area contributed by atoms with Crippen molar-refractivity contribution >= 4 is 29.0 Å². The summed E-state index contributed by atoms with van der Waals surface area (Å²) in [5, 5.41) is 12.8. The van der Waals surface area contributed by atoms with Gasteiger partial charge in [0.2, 0.25) is 0 Å². The predicted molar refractivity (Wildman–Crippen MR) is 114 cm³/mol. The molecule has 3 aromatic heterocycles. The second-order valence-electron chi connectivity index (χ2n) is 6.97. The minimum absolute atomic E-state index is 0.304. The van der Waals surface area contributed by atoms with Gasteiger partial charge in [-0.05, 0) is 43.3 Å². The summed E-state index contributed by atoms with van der Waals surface area (Å²) in [4.78, 5) is 28.0. The molecule has 1 atom stereocenters. The average molecular weight is 413 g/mol. The minimum Gasteiger partial charge on any atom is -0.444 e. The van der Waals surface area contributed by atoms with Crippen LogP contribution in [0.1, 0.15) is 34.8 Å². The number of aromatic nitrogens is 3. The van der Waals surface area contributed by atoms with E-state index in [2.05, 4.69) is 16.4 Å². The SMILES string of the molecule is CC(OC=O)n1ccc(NC(=O)c2cn(Cc3ccccn3)c3ccc(C#N)cc23)c1. The minimum atomic E-state index is -0.485. The number of anilines is 1. The molecule has 1 unspecified atom stereocenters. The Hall–Kier alpha value is -4.38. The van der Waals surface area contributed by atoms with Gasteiger partial charge < -0.3 is 19.2 Å². The van der Waals surface area contributed by atoms with E-state index in [0.717, 1.165) is 11.2 Å². The highest BCUT2D eigenvalue weighted by Crippen LogP contribution is 2.25. The van der Waals surface area contributed by atoms with Gasteiger partial charge in [0.25, 0.3) is 12.4 Å². The Morgan fingerprint density at radius 2 is 2.16 bits per heavy atom. The maximum atomic E-state index is 13.1. The lowest BCUT2D eigenvalue weighted by atomic mass is 10.1. The highest BCUT2D eigenvalue weighted by molar-refractivity contribution is 6.13. The summed E-state index contributed by atoms with van der Waals surface area (Å²) in [6.07, 6.45) is 6.40. The van der Waals surface area contributed by atoms with Crippen LogP contribution in [0.15, 0.2) is 67.3 Å². The van der Waals surface area contributed by atoms with Gasteiger partial charge in [0, 0.05) is 35.7 Å². The quantitative estimate of drug-likeness (QED) is 0.466. The van der Waals surface area contributed by atoms with Gasteiger partial charge in [-0.15, -0.1) is 0 Å². The van der Waals surface area contributed by atoms with E-state index in [9.17, 15) is 14.9 Å². The molecule has 8 nitrogen and oxygen atoms in total. The fraction of sp³-hybridized carbons (Fsp3) is 0.130. The van der Waals surface area contributed by atoms with E-state index in [0.29, 0.717) is 35.2 Å². The first-order valence-corrected chi connectivity index (χ1v) is 9.60. The van der Waals surface area contributed by atoms with Crippen molar-refractivity contribution < 1.29 is 14.3 Å². The maximum absolute atomic E-state index is 13.1. The van der Waals surface area contributed by atoms with Crippen molar-refractivity contribution in [3.63, 3.8) is 0 Å². The lowest BCUT2D eigenvalue weighted by molar-refractivity contribution is -0.136. The molecule has 3 heterocycles. The molecule has 0 aliphatic carbocycles. The number of nitriles is 1. The number of hydrogen-bond acceptors (Lipinski definition) is 5. The number of rotatable bonds is 7.